The molecule has 0 radical (unpaired) electrons. The SMILES string of the molecule is Cc1nc(C(=O)NCc2ccc(F)cc2)c(C)n1C1CCN(S(C)(=O)=O)CC1. The lowest BCUT2D eigenvalue weighted by molar-refractivity contribution is 0.0945. The number of halogens is 1. The lowest BCUT2D eigenvalue weighted by Gasteiger charge is -2.32. The van der Waals surface area contributed by atoms with Crippen molar-refractivity contribution in [2.75, 3.05) is 19.3 Å². The van der Waals surface area contributed by atoms with Crippen LogP contribution in [-0.2, 0) is 16.6 Å². The van der Waals surface area contributed by atoms with Crippen LogP contribution in [-0.4, -0.2) is 47.5 Å². The number of piperidine rings is 1. The number of sulfonamides is 1. The van der Waals surface area contributed by atoms with Crippen LogP contribution < -0.4 is 5.32 Å². The summed E-state index contributed by atoms with van der Waals surface area (Å²) >= 11 is 0. The van der Waals surface area contributed by atoms with Crippen molar-refractivity contribution in [3.8, 4) is 0 Å². The van der Waals surface area contributed by atoms with E-state index in [4.69, 9.17) is 0 Å². The molecule has 0 bridgehead atoms. The number of amides is 1. The Kier molecular flexibility index (Phi) is 5.85. The van der Waals surface area contributed by atoms with Gasteiger partial charge in [-0.25, -0.2) is 22.1 Å². The Morgan fingerprint density at radius 3 is 2.39 bits per heavy atom. The number of benzene rings is 1. The molecule has 1 aliphatic heterocycles. The second-order valence-electron chi connectivity index (χ2n) is 7.17. The van der Waals surface area contributed by atoms with Gasteiger partial charge in [0.25, 0.3) is 5.91 Å². The zero-order valence-corrected chi connectivity index (χ0v) is 17.1. The maximum Gasteiger partial charge on any atom is 0.272 e. The molecule has 3 rings (SSSR count). The fourth-order valence-electron chi connectivity index (χ4n) is 3.71. The highest BCUT2D eigenvalue weighted by atomic mass is 32.2. The average molecular weight is 408 g/mol. The molecule has 1 aliphatic rings. The zero-order chi connectivity index (χ0) is 20.5. The van der Waals surface area contributed by atoms with Crippen molar-refractivity contribution >= 4 is 15.9 Å². The molecule has 0 saturated carbocycles. The quantitative estimate of drug-likeness (QED) is 0.822. The van der Waals surface area contributed by atoms with Crippen LogP contribution in [0.25, 0.3) is 0 Å². The summed E-state index contributed by atoms with van der Waals surface area (Å²) in [7, 11) is -3.18. The number of hydrogen-bond donors (Lipinski definition) is 1. The zero-order valence-electron chi connectivity index (χ0n) is 16.3. The van der Waals surface area contributed by atoms with Gasteiger partial charge in [0.1, 0.15) is 17.3 Å². The predicted molar refractivity (Wildman–Crippen MR) is 104 cm³/mol. The van der Waals surface area contributed by atoms with E-state index in [9.17, 15) is 17.6 Å². The van der Waals surface area contributed by atoms with Gasteiger partial charge in [0.05, 0.1) is 6.26 Å². The third kappa shape index (κ3) is 4.41. The Morgan fingerprint density at radius 2 is 1.82 bits per heavy atom. The molecule has 152 valence electrons. The van der Waals surface area contributed by atoms with Gasteiger partial charge in [-0.05, 0) is 44.4 Å². The third-order valence-electron chi connectivity index (χ3n) is 5.17. The summed E-state index contributed by atoms with van der Waals surface area (Å²) in [5.41, 5.74) is 1.94. The summed E-state index contributed by atoms with van der Waals surface area (Å²) in [5.74, 6) is 0.140. The van der Waals surface area contributed by atoms with Gasteiger partial charge in [-0.1, -0.05) is 12.1 Å². The lowest BCUT2D eigenvalue weighted by atomic mass is 10.1. The maximum absolute atomic E-state index is 13.0. The first-order valence-electron chi connectivity index (χ1n) is 9.20. The van der Waals surface area contributed by atoms with Crippen LogP contribution in [0.1, 0.15) is 46.5 Å². The molecule has 1 fully saturated rings. The molecule has 1 N–H and O–H groups in total. The van der Waals surface area contributed by atoms with Crippen LogP contribution in [0.4, 0.5) is 4.39 Å². The van der Waals surface area contributed by atoms with Crippen LogP contribution in [0.5, 0.6) is 0 Å². The van der Waals surface area contributed by atoms with E-state index in [0.29, 0.717) is 31.6 Å². The molecule has 1 saturated heterocycles. The molecule has 7 nitrogen and oxygen atoms in total. The lowest BCUT2D eigenvalue weighted by Crippen LogP contribution is -2.38. The van der Waals surface area contributed by atoms with Gasteiger partial charge in [0.15, 0.2) is 0 Å². The van der Waals surface area contributed by atoms with Crippen molar-refractivity contribution in [3.05, 3.63) is 52.9 Å². The van der Waals surface area contributed by atoms with Crippen molar-refractivity contribution in [2.24, 2.45) is 0 Å². The Bertz CT molecular complexity index is 962. The number of carbonyl (C=O) groups is 1. The first-order chi connectivity index (χ1) is 13.2. The molecule has 0 aliphatic carbocycles. The minimum absolute atomic E-state index is 0.115. The van der Waals surface area contributed by atoms with Gasteiger partial charge in [-0.15, -0.1) is 0 Å². The molecule has 0 atom stereocenters. The monoisotopic (exact) mass is 408 g/mol. The third-order valence-corrected chi connectivity index (χ3v) is 6.47. The number of nitrogens with zero attached hydrogens (tertiary/aromatic N) is 3. The molecular weight excluding hydrogens is 383 g/mol. The fourth-order valence-corrected chi connectivity index (χ4v) is 4.58. The molecule has 1 aromatic heterocycles. The van der Waals surface area contributed by atoms with E-state index in [1.807, 2.05) is 18.4 Å². The number of aromatic nitrogens is 2. The molecule has 0 unspecified atom stereocenters. The Morgan fingerprint density at radius 1 is 1.21 bits per heavy atom. The van der Waals surface area contributed by atoms with E-state index in [-0.39, 0.29) is 24.3 Å². The van der Waals surface area contributed by atoms with Crippen molar-refractivity contribution < 1.29 is 17.6 Å². The summed E-state index contributed by atoms with van der Waals surface area (Å²) in [5, 5.41) is 2.82. The average Bonchev–Trinajstić information content (AvgIpc) is 2.95. The van der Waals surface area contributed by atoms with E-state index in [1.165, 1.54) is 22.7 Å². The van der Waals surface area contributed by atoms with Crippen LogP contribution >= 0.6 is 0 Å². The predicted octanol–water partition coefficient (Wildman–Crippen LogP) is 2.17. The topological polar surface area (TPSA) is 84.3 Å². The van der Waals surface area contributed by atoms with Crippen molar-refractivity contribution in [1.82, 2.24) is 19.2 Å². The van der Waals surface area contributed by atoms with Crippen molar-refractivity contribution in [1.29, 1.82) is 0 Å². The number of imidazole rings is 1. The largest absolute Gasteiger partial charge is 0.347 e. The molecule has 2 aromatic rings. The Balaban J connectivity index is 1.69. The number of rotatable bonds is 5. The molecule has 2 heterocycles. The van der Waals surface area contributed by atoms with E-state index < -0.39 is 10.0 Å². The second-order valence-corrected chi connectivity index (χ2v) is 9.15. The van der Waals surface area contributed by atoms with Crippen LogP contribution in [0.15, 0.2) is 24.3 Å². The minimum atomic E-state index is -3.18. The molecule has 9 heteroatoms. The van der Waals surface area contributed by atoms with E-state index in [0.717, 1.165) is 17.1 Å². The molecule has 1 amide bonds. The van der Waals surface area contributed by atoms with Gasteiger partial charge in [-0.2, -0.15) is 0 Å². The summed E-state index contributed by atoms with van der Waals surface area (Å²) in [6.07, 6.45) is 2.59. The molecule has 28 heavy (non-hydrogen) atoms. The van der Waals surface area contributed by atoms with E-state index >= 15 is 0 Å². The summed E-state index contributed by atoms with van der Waals surface area (Å²) < 4.78 is 39.9. The minimum Gasteiger partial charge on any atom is -0.347 e. The number of carbonyl (C=O) groups excluding carboxylic acids is 1. The van der Waals surface area contributed by atoms with E-state index in [2.05, 4.69) is 10.3 Å². The van der Waals surface area contributed by atoms with Crippen LogP contribution in [0.2, 0.25) is 0 Å². The van der Waals surface area contributed by atoms with Crippen LogP contribution in [0, 0.1) is 19.7 Å². The number of nitrogens with one attached hydrogen (secondary N) is 1. The molecule has 1 aromatic carbocycles. The first kappa shape index (κ1) is 20.5. The number of aryl methyl sites for hydroxylation is 1. The number of hydrogen-bond acceptors (Lipinski definition) is 4. The maximum atomic E-state index is 13.0. The second kappa shape index (κ2) is 8.00. The van der Waals surface area contributed by atoms with Gasteiger partial charge in [-0.3, -0.25) is 4.79 Å². The smallest absolute Gasteiger partial charge is 0.272 e. The van der Waals surface area contributed by atoms with E-state index in [1.54, 1.807) is 12.1 Å². The highest BCUT2D eigenvalue weighted by molar-refractivity contribution is 7.88. The van der Waals surface area contributed by atoms with Crippen molar-refractivity contribution in [3.63, 3.8) is 0 Å². The fraction of sp³-hybridized carbons (Fsp3) is 0.474. The van der Waals surface area contributed by atoms with Gasteiger partial charge >= 0.3 is 0 Å². The summed E-state index contributed by atoms with van der Waals surface area (Å²) in [4.78, 5) is 17.0. The Labute approximate surface area is 164 Å². The highest BCUT2D eigenvalue weighted by Crippen LogP contribution is 2.28. The molecule has 0 spiro atoms. The molecular formula is C19H25FN4O3S. The first-order valence-corrected chi connectivity index (χ1v) is 11.0. The van der Waals surface area contributed by atoms with Gasteiger partial charge < -0.3 is 9.88 Å². The highest BCUT2D eigenvalue weighted by Gasteiger charge is 2.29. The van der Waals surface area contributed by atoms with Crippen molar-refractivity contribution in [2.45, 2.75) is 39.3 Å². The van der Waals surface area contributed by atoms with Gasteiger partial charge in [0, 0.05) is 31.4 Å². The summed E-state index contributed by atoms with van der Waals surface area (Å²) in [6, 6.07) is 6.08. The van der Waals surface area contributed by atoms with Gasteiger partial charge in [0.2, 0.25) is 10.0 Å². The standard InChI is InChI=1S/C19H25FN4O3S/c1-13-18(19(25)21-12-15-4-6-16(20)7-5-15)22-14(2)24(13)17-8-10-23(11-9-17)28(3,26)27/h4-7,17H,8-12H2,1-3H3,(H,21,25). The van der Waals surface area contributed by atoms with Crippen LogP contribution in [0.3, 0.4) is 0 Å². The normalized spacial score (nSPS) is 16.3. The Hall–Kier alpha value is -2.26. The summed E-state index contributed by atoms with van der Waals surface area (Å²) in [6.45, 7) is 4.93.